The van der Waals surface area contributed by atoms with Gasteiger partial charge in [-0.05, 0) is 25.7 Å². The van der Waals surface area contributed by atoms with Crippen molar-refractivity contribution in [2.24, 2.45) is 5.92 Å². The molecule has 0 aromatic rings. The fourth-order valence-corrected chi connectivity index (χ4v) is 2.92. The average molecular weight is 210 g/mol. The van der Waals surface area contributed by atoms with E-state index in [2.05, 4.69) is 31.0 Å². The lowest BCUT2D eigenvalue weighted by Crippen LogP contribution is -2.41. The molecule has 15 heavy (non-hydrogen) atoms. The van der Waals surface area contributed by atoms with Crippen molar-refractivity contribution in [3.8, 4) is 0 Å². The molecule has 1 heterocycles. The first kappa shape index (κ1) is 10.9. The monoisotopic (exact) mass is 210 g/mol. The first-order chi connectivity index (χ1) is 7.11. The Balaban J connectivity index is 2.08. The standard InChI is InChI=1S/C12H22N2O/c1-8(2)11-12(15)14(9(3)13-11)10-6-4-5-7-10/h8-11,13H,4-7H2,1-3H3. The Morgan fingerprint density at radius 1 is 1.33 bits per heavy atom. The van der Waals surface area contributed by atoms with Crippen LogP contribution in [0.1, 0.15) is 46.5 Å². The number of amides is 1. The van der Waals surface area contributed by atoms with E-state index in [1.165, 1.54) is 25.7 Å². The molecule has 0 aromatic heterocycles. The van der Waals surface area contributed by atoms with Crippen molar-refractivity contribution >= 4 is 5.91 Å². The summed E-state index contributed by atoms with van der Waals surface area (Å²) in [6.45, 7) is 6.33. The van der Waals surface area contributed by atoms with E-state index in [1.54, 1.807) is 0 Å². The van der Waals surface area contributed by atoms with Crippen LogP contribution < -0.4 is 5.32 Å². The molecule has 0 radical (unpaired) electrons. The van der Waals surface area contributed by atoms with Crippen LogP contribution >= 0.6 is 0 Å². The van der Waals surface area contributed by atoms with E-state index in [0.29, 0.717) is 17.9 Å². The lowest BCUT2D eigenvalue weighted by atomic mass is 10.0. The zero-order chi connectivity index (χ0) is 11.0. The maximum absolute atomic E-state index is 12.2. The van der Waals surface area contributed by atoms with Crippen LogP contribution in [0.25, 0.3) is 0 Å². The molecule has 1 saturated heterocycles. The van der Waals surface area contributed by atoms with Gasteiger partial charge in [0.2, 0.25) is 5.91 Å². The molecular formula is C12H22N2O. The summed E-state index contributed by atoms with van der Waals surface area (Å²) in [7, 11) is 0. The van der Waals surface area contributed by atoms with Crippen LogP contribution in [-0.2, 0) is 4.79 Å². The Morgan fingerprint density at radius 3 is 2.40 bits per heavy atom. The van der Waals surface area contributed by atoms with Crippen LogP contribution in [0, 0.1) is 5.92 Å². The Bertz CT molecular complexity index is 246. The summed E-state index contributed by atoms with van der Waals surface area (Å²) in [5, 5.41) is 3.41. The molecular weight excluding hydrogens is 188 g/mol. The van der Waals surface area contributed by atoms with Gasteiger partial charge in [-0.15, -0.1) is 0 Å². The first-order valence-corrected chi connectivity index (χ1v) is 6.19. The van der Waals surface area contributed by atoms with Gasteiger partial charge in [-0.3, -0.25) is 10.1 Å². The van der Waals surface area contributed by atoms with E-state index in [-0.39, 0.29) is 12.2 Å². The number of rotatable bonds is 2. The van der Waals surface area contributed by atoms with E-state index in [1.807, 2.05) is 0 Å². The van der Waals surface area contributed by atoms with Gasteiger partial charge in [0.15, 0.2) is 0 Å². The molecule has 3 heteroatoms. The highest BCUT2D eigenvalue weighted by Gasteiger charge is 2.41. The van der Waals surface area contributed by atoms with E-state index >= 15 is 0 Å². The van der Waals surface area contributed by atoms with Gasteiger partial charge in [0, 0.05) is 6.04 Å². The van der Waals surface area contributed by atoms with Crippen molar-refractivity contribution in [2.75, 3.05) is 0 Å². The van der Waals surface area contributed by atoms with Gasteiger partial charge in [-0.2, -0.15) is 0 Å². The Labute approximate surface area is 92.2 Å². The van der Waals surface area contributed by atoms with Crippen LogP contribution in [0.5, 0.6) is 0 Å². The summed E-state index contributed by atoms with van der Waals surface area (Å²) in [5.74, 6) is 0.718. The summed E-state index contributed by atoms with van der Waals surface area (Å²) in [5.41, 5.74) is 0. The molecule has 1 aliphatic heterocycles. The summed E-state index contributed by atoms with van der Waals surface area (Å²) < 4.78 is 0. The Kier molecular flexibility index (Phi) is 3.01. The zero-order valence-corrected chi connectivity index (χ0v) is 9.99. The van der Waals surface area contributed by atoms with E-state index in [4.69, 9.17) is 0 Å². The summed E-state index contributed by atoms with van der Waals surface area (Å²) in [6.07, 6.45) is 5.19. The number of nitrogens with one attached hydrogen (secondary N) is 1. The van der Waals surface area contributed by atoms with Crippen molar-refractivity contribution in [2.45, 2.75) is 64.7 Å². The second-order valence-electron chi connectivity index (χ2n) is 5.25. The van der Waals surface area contributed by atoms with Crippen molar-refractivity contribution in [3.63, 3.8) is 0 Å². The van der Waals surface area contributed by atoms with Crippen molar-refractivity contribution in [1.82, 2.24) is 10.2 Å². The smallest absolute Gasteiger partial charge is 0.241 e. The fraction of sp³-hybridized carbons (Fsp3) is 0.917. The van der Waals surface area contributed by atoms with E-state index in [0.717, 1.165) is 0 Å². The van der Waals surface area contributed by atoms with Gasteiger partial charge in [-0.25, -0.2) is 0 Å². The van der Waals surface area contributed by atoms with Gasteiger partial charge >= 0.3 is 0 Å². The maximum atomic E-state index is 12.2. The third kappa shape index (κ3) is 1.89. The lowest BCUT2D eigenvalue weighted by molar-refractivity contribution is -0.132. The van der Waals surface area contributed by atoms with Gasteiger partial charge in [0.1, 0.15) is 0 Å². The molecule has 1 amide bonds. The van der Waals surface area contributed by atoms with Crippen LogP contribution in [0.3, 0.4) is 0 Å². The SMILES string of the molecule is CC(C)C1NC(C)N(C2CCCC2)C1=O. The van der Waals surface area contributed by atoms with Gasteiger partial charge in [0.05, 0.1) is 12.2 Å². The topological polar surface area (TPSA) is 32.3 Å². The van der Waals surface area contributed by atoms with Crippen LogP contribution in [0.2, 0.25) is 0 Å². The normalized spacial score (nSPS) is 33.3. The molecule has 3 nitrogen and oxygen atoms in total. The molecule has 1 aliphatic carbocycles. The van der Waals surface area contributed by atoms with Gasteiger partial charge in [-0.1, -0.05) is 26.7 Å². The molecule has 0 spiro atoms. The third-order valence-corrected chi connectivity index (χ3v) is 3.74. The highest BCUT2D eigenvalue weighted by Crippen LogP contribution is 2.28. The van der Waals surface area contributed by atoms with E-state index in [9.17, 15) is 4.79 Å². The lowest BCUT2D eigenvalue weighted by Gasteiger charge is -2.27. The minimum absolute atomic E-state index is 0.0422. The molecule has 2 unspecified atom stereocenters. The van der Waals surface area contributed by atoms with Crippen LogP contribution in [0.4, 0.5) is 0 Å². The minimum atomic E-state index is 0.0422. The highest BCUT2D eigenvalue weighted by atomic mass is 16.2. The second-order valence-corrected chi connectivity index (χ2v) is 5.25. The molecule has 0 aromatic carbocycles. The quantitative estimate of drug-likeness (QED) is 0.753. The molecule has 1 N–H and O–H groups in total. The Morgan fingerprint density at radius 2 is 1.93 bits per heavy atom. The number of nitrogens with zero attached hydrogens (tertiary/aromatic N) is 1. The first-order valence-electron chi connectivity index (χ1n) is 6.19. The van der Waals surface area contributed by atoms with E-state index < -0.39 is 0 Å². The second kappa shape index (κ2) is 4.12. The van der Waals surface area contributed by atoms with Gasteiger partial charge < -0.3 is 4.90 Å². The predicted molar refractivity (Wildman–Crippen MR) is 60.3 cm³/mol. The summed E-state index contributed by atoms with van der Waals surface area (Å²) in [6, 6.07) is 0.546. The van der Waals surface area contributed by atoms with Crippen LogP contribution in [-0.4, -0.2) is 29.1 Å². The number of carbonyl (C=O) groups is 1. The molecule has 0 bridgehead atoms. The molecule has 2 rings (SSSR count). The molecule has 2 fully saturated rings. The highest BCUT2D eigenvalue weighted by molar-refractivity contribution is 5.84. The minimum Gasteiger partial charge on any atom is -0.323 e. The number of hydrogen-bond donors (Lipinski definition) is 1. The maximum Gasteiger partial charge on any atom is 0.241 e. The number of carbonyl (C=O) groups excluding carboxylic acids is 1. The van der Waals surface area contributed by atoms with Crippen LogP contribution in [0.15, 0.2) is 0 Å². The van der Waals surface area contributed by atoms with Gasteiger partial charge in [0.25, 0.3) is 0 Å². The third-order valence-electron chi connectivity index (χ3n) is 3.74. The summed E-state index contributed by atoms with van der Waals surface area (Å²) >= 11 is 0. The average Bonchev–Trinajstić information content (AvgIpc) is 2.73. The number of hydrogen-bond acceptors (Lipinski definition) is 2. The predicted octanol–water partition coefficient (Wildman–Crippen LogP) is 1.73. The largest absolute Gasteiger partial charge is 0.323 e. The van der Waals surface area contributed by atoms with Crippen molar-refractivity contribution in [3.05, 3.63) is 0 Å². The Hall–Kier alpha value is -0.570. The molecule has 86 valence electrons. The summed E-state index contributed by atoms with van der Waals surface area (Å²) in [4.78, 5) is 14.3. The molecule has 2 atom stereocenters. The molecule has 2 aliphatic rings. The zero-order valence-electron chi connectivity index (χ0n) is 9.99. The van der Waals surface area contributed by atoms with Crippen molar-refractivity contribution in [1.29, 1.82) is 0 Å². The van der Waals surface area contributed by atoms with Crippen molar-refractivity contribution < 1.29 is 4.79 Å². The molecule has 1 saturated carbocycles. The fourth-order valence-electron chi connectivity index (χ4n) is 2.92.